The lowest BCUT2D eigenvalue weighted by Gasteiger charge is -2.07. The molecular formula is C13H15NO. The zero-order valence-electron chi connectivity index (χ0n) is 8.75. The minimum absolute atomic E-state index is 0.790. The topological polar surface area (TPSA) is 21.3 Å². The Morgan fingerprint density at radius 2 is 2.40 bits per heavy atom. The summed E-state index contributed by atoms with van der Waals surface area (Å²) in [6, 6.07) is 6.30. The Morgan fingerprint density at radius 3 is 3.20 bits per heavy atom. The highest BCUT2D eigenvalue weighted by molar-refractivity contribution is 5.39. The van der Waals surface area contributed by atoms with Crippen LogP contribution < -0.4 is 10.1 Å². The number of rotatable bonds is 4. The molecule has 1 aliphatic rings. The van der Waals surface area contributed by atoms with Crippen LogP contribution in [0.25, 0.3) is 0 Å². The molecule has 0 spiro atoms. The molecule has 1 aromatic rings. The van der Waals surface area contributed by atoms with Gasteiger partial charge in [0.15, 0.2) is 0 Å². The first-order valence-electron chi connectivity index (χ1n) is 5.09. The van der Waals surface area contributed by atoms with E-state index in [0.29, 0.717) is 0 Å². The Morgan fingerprint density at radius 1 is 1.53 bits per heavy atom. The average molecular weight is 201 g/mol. The van der Waals surface area contributed by atoms with Crippen molar-refractivity contribution in [3.63, 3.8) is 0 Å². The van der Waals surface area contributed by atoms with Crippen molar-refractivity contribution in [2.45, 2.75) is 13.0 Å². The van der Waals surface area contributed by atoms with Gasteiger partial charge in [0.05, 0.1) is 6.61 Å². The van der Waals surface area contributed by atoms with E-state index >= 15 is 0 Å². The summed E-state index contributed by atoms with van der Waals surface area (Å²) in [4.78, 5) is 0. The summed E-state index contributed by atoms with van der Waals surface area (Å²) >= 11 is 0. The third-order valence-corrected chi connectivity index (χ3v) is 2.52. The number of benzene rings is 1. The summed E-state index contributed by atoms with van der Waals surface area (Å²) in [5.41, 5.74) is 3.41. The highest BCUT2D eigenvalue weighted by atomic mass is 16.5. The first-order valence-corrected chi connectivity index (χ1v) is 5.09. The van der Waals surface area contributed by atoms with Crippen molar-refractivity contribution in [2.24, 2.45) is 0 Å². The van der Waals surface area contributed by atoms with E-state index in [1.165, 1.54) is 11.1 Å². The molecule has 0 radical (unpaired) electrons. The molecule has 0 aromatic heterocycles. The molecule has 0 saturated heterocycles. The van der Waals surface area contributed by atoms with Gasteiger partial charge in [0, 0.05) is 18.7 Å². The van der Waals surface area contributed by atoms with Gasteiger partial charge in [-0.2, -0.15) is 0 Å². The van der Waals surface area contributed by atoms with Crippen LogP contribution in [0.4, 0.5) is 0 Å². The highest BCUT2D eigenvalue weighted by Crippen LogP contribution is 2.25. The van der Waals surface area contributed by atoms with Gasteiger partial charge in [-0.1, -0.05) is 25.3 Å². The second kappa shape index (κ2) is 4.22. The molecule has 1 heterocycles. The van der Waals surface area contributed by atoms with E-state index in [9.17, 15) is 0 Å². The molecule has 0 fully saturated rings. The average Bonchev–Trinajstić information content (AvgIpc) is 2.72. The lowest BCUT2D eigenvalue weighted by atomic mass is 10.1. The molecule has 0 saturated carbocycles. The van der Waals surface area contributed by atoms with Crippen molar-refractivity contribution in [3.8, 4) is 5.75 Å². The maximum atomic E-state index is 5.45. The van der Waals surface area contributed by atoms with Gasteiger partial charge >= 0.3 is 0 Å². The summed E-state index contributed by atoms with van der Waals surface area (Å²) in [5.74, 6) is 1.03. The van der Waals surface area contributed by atoms with Crippen LogP contribution in [0, 0.1) is 0 Å². The van der Waals surface area contributed by atoms with Gasteiger partial charge in [0.2, 0.25) is 0 Å². The number of ether oxygens (including phenoxy) is 1. The Balaban J connectivity index is 2.04. The Kier molecular flexibility index (Phi) is 2.77. The van der Waals surface area contributed by atoms with Crippen LogP contribution in [0.2, 0.25) is 0 Å². The third-order valence-electron chi connectivity index (χ3n) is 2.52. The quantitative estimate of drug-likeness (QED) is 0.755. The SMILES string of the molecule is C=CC(=C)NCc1ccc2c(c1)CCO2. The van der Waals surface area contributed by atoms with Crippen LogP contribution in [0.1, 0.15) is 11.1 Å². The lowest BCUT2D eigenvalue weighted by Crippen LogP contribution is -2.09. The molecule has 0 bridgehead atoms. The standard InChI is InChI=1S/C13H15NO/c1-3-10(2)14-9-11-4-5-13-12(8-11)6-7-15-13/h3-5,8,14H,1-2,6-7,9H2. The van der Waals surface area contributed by atoms with E-state index in [-0.39, 0.29) is 0 Å². The van der Waals surface area contributed by atoms with Gasteiger partial charge in [0.25, 0.3) is 0 Å². The van der Waals surface area contributed by atoms with Crippen LogP contribution >= 0.6 is 0 Å². The van der Waals surface area contributed by atoms with Crippen molar-refractivity contribution in [1.82, 2.24) is 5.32 Å². The van der Waals surface area contributed by atoms with Gasteiger partial charge in [-0.3, -0.25) is 0 Å². The second-order valence-electron chi connectivity index (χ2n) is 3.62. The summed E-state index contributed by atoms with van der Waals surface area (Å²) in [6.45, 7) is 9.06. The monoisotopic (exact) mass is 201 g/mol. The van der Waals surface area contributed by atoms with E-state index in [0.717, 1.165) is 31.0 Å². The Hall–Kier alpha value is -1.70. The molecule has 0 atom stereocenters. The maximum Gasteiger partial charge on any atom is 0.122 e. The fraction of sp³-hybridized carbons (Fsp3) is 0.231. The van der Waals surface area contributed by atoms with Crippen LogP contribution in [-0.2, 0) is 13.0 Å². The first kappa shape index (κ1) is 9.84. The van der Waals surface area contributed by atoms with Crippen LogP contribution in [0.3, 0.4) is 0 Å². The van der Waals surface area contributed by atoms with Gasteiger partial charge in [-0.05, 0) is 23.3 Å². The maximum absolute atomic E-state index is 5.45. The van der Waals surface area contributed by atoms with E-state index in [1.54, 1.807) is 6.08 Å². The number of hydrogen-bond donors (Lipinski definition) is 1. The predicted octanol–water partition coefficient (Wildman–Crippen LogP) is 2.41. The van der Waals surface area contributed by atoms with Crippen molar-refractivity contribution in [2.75, 3.05) is 6.61 Å². The van der Waals surface area contributed by atoms with Gasteiger partial charge in [-0.15, -0.1) is 0 Å². The first-order chi connectivity index (χ1) is 7.29. The van der Waals surface area contributed by atoms with E-state index < -0.39 is 0 Å². The van der Waals surface area contributed by atoms with E-state index in [1.807, 2.05) is 6.07 Å². The Labute approximate surface area is 90.3 Å². The van der Waals surface area contributed by atoms with Gasteiger partial charge in [-0.25, -0.2) is 0 Å². The summed E-state index contributed by atoms with van der Waals surface area (Å²) < 4.78 is 5.45. The molecule has 0 unspecified atom stereocenters. The second-order valence-corrected chi connectivity index (χ2v) is 3.62. The van der Waals surface area contributed by atoms with Crippen LogP contribution in [-0.4, -0.2) is 6.61 Å². The molecule has 2 heteroatoms. The number of allylic oxidation sites excluding steroid dienone is 1. The van der Waals surface area contributed by atoms with E-state index in [4.69, 9.17) is 4.74 Å². The fourth-order valence-electron chi connectivity index (χ4n) is 1.64. The minimum Gasteiger partial charge on any atom is -0.493 e. The minimum atomic E-state index is 0.790. The third kappa shape index (κ3) is 2.21. The van der Waals surface area contributed by atoms with E-state index in [2.05, 4.69) is 30.6 Å². The molecule has 0 amide bonds. The number of nitrogens with one attached hydrogen (secondary N) is 1. The molecule has 1 aromatic carbocycles. The van der Waals surface area contributed by atoms with Crippen LogP contribution in [0.5, 0.6) is 5.75 Å². The van der Waals surface area contributed by atoms with Gasteiger partial charge < -0.3 is 10.1 Å². The Bertz CT molecular complexity index is 396. The van der Waals surface area contributed by atoms with Gasteiger partial charge in [0.1, 0.15) is 5.75 Å². The summed E-state index contributed by atoms with van der Waals surface area (Å²) in [5, 5.41) is 3.19. The number of hydrogen-bond acceptors (Lipinski definition) is 2. The fourth-order valence-corrected chi connectivity index (χ4v) is 1.64. The molecule has 78 valence electrons. The molecule has 2 rings (SSSR count). The van der Waals surface area contributed by atoms with Crippen LogP contribution in [0.15, 0.2) is 43.1 Å². The largest absolute Gasteiger partial charge is 0.493 e. The van der Waals surface area contributed by atoms with Crippen molar-refractivity contribution >= 4 is 0 Å². The van der Waals surface area contributed by atoms with Crippen molar-refractivity contribution < 1.29 is 4.74 Å². The summed E-state index contributed by atoms with van der Waals surface area (Å²) in [7, 11) is 0. The highest BCUT2D eigenvalue weighted by Gasteiger charge is 2.11. The number of fused-ring (bicyclic) bond motifs is 1. The molecule has 1 aliphatic heterocycles. The normalized spacial score (nSPS) is 12.8. The van der Waals surface area contributed by atoms with Crippen molar-refractivity contribution in [1.29, 1.82) is 0 Å². The summed E-state index contributed by atoms with van der Waals surface area (Å²) in [6.07, 6.45) is 2.74. The molecular weight excluding hydrogens is 186 g/mol. The lowest BCUT2D eigenvalue weighted by molar-refractivity contribution is 0.357. The molecule has 2 nitrogen and oxygen atoms in total. The molecule has 0 aliphatic carbocycles. The zero-order chi connectivity index (χ0) is 10.7. The smallest absolute Gasteiger partial charge is 0.122 e. The molecule has 1 N–H and O–H groups in total. The molecule has 15 heavy (non-hydrogen) atoms. The van der Waals surface area contributed by atoms with Crippen molar-refractivity contribution in [3.05, 3.63) is 54.3 Å². The predicted molar refractivity (Wildman–Crippen MR) is 61.8 cm³/mol. The zero-order valence-corrected chi connectivity index (χ0v) is 8.75.